The Bertz CT molecular complexity index is 1010. The van der Waals surface area contributed by atoms with Gasteiger partial charge in [-0.3, -0.25) is 4.79 Å². The van der Waals surface area contributed by atoms with Gasteiger partial charge >= 0.3 is 0 Å². The topological polar surface area (TPSA) is 70.6 Å². The second-order valence-electron chi connectivity index (χ2n) is 6.89. The Hall–Kier alpha value is -3.68. The number of carbonyl (C=O) groups is 1. The molecule has 2 heterocycles. The summed E-state index contributed by atoms with van der Waals surface area (Å²) in [5, 5.41) is 11.1. The number of para-hydroxylation sites is 1. The summed E-state index contributed by atoms with van der Waals surface area (Å²) in [5.74, 6) is 0.287. The quantitative estimate of drug-likeness (QED) is 0.701. The van der Waals surface area contributed by atoms with Crippen molar-refractivity contribution in [2.45, 2.75) is 0 Å². The molecule has 154 valence electrons. The SMILES string of the molecule is COc1ccc(N2CCN(c3ccc(C(=O)Nc4ccccc4)nn3)CC2)cc1F. The average molecular weight is 407 g/mol. The Morgan fingerprint density at radius 1 is 0.967 bits per heavy atom. The molecule has 8 heteroatoms. The fourth-order valence-electron chi connectivity index (χ4n) is 3.38. The van der Waals surface area contributed by atoms with Crippen molar-refractivity contribution < 1.29 is 13.9 Å². The van der Waals surface area contributed by atoms with Crippen LogP contribution in [0, 0.1) is 5.82 Å². The first-order valence-electron chi connectivity index (χ1n) is 9.67. The van der Waals surface area contributed by atoms with Gasteiger partial charge in [0.05, 0.1) is 7.11 Å². The molecule has 3 aromatic rings. The van der Waals surface area contributed by atoms with Gasteiger partial charge in [-0.05, 0) is 36.4 Å². The number of nitrogens with zero attached hydrogens (tertiary/aromatic N) is 4. The van der Waals surface area contributed by atoms with Crippen LogP contribution in [0.4, 0.5) is 21.6 Å². The van der Waals surface area contributed by atoms with Gasteiger partial charge in [0.2, 0.25) is 0 Å². The van der Waals surface area contributed by atoms with Crippen molar-refractivity contribution in [3.8, 4) is 5.75 Å². The minimum atomic E-state index is -0.368. The molecule has 1 aromatic heterocycles. The van der Waals surface area contributed by atoms with Crippen LogP contribution in [0.3, 0.4) is 0 Å². The van der Waals surface area contributed by atoms with Crippen LogP contribution in [0.5, 0.6) is 5.75 Å². The van der Waals surface area contributed by atoms with Crippen molar-refractivity contribution in [2.24, 2.45) is 0 Å². The Morgan fingerprint density at radius 3 is 2.33 bits per heavy atom. The zero-order valence-electron chi connectivity index (χ0n) is 16.6. The number of rotatable bonds is 5. The van der Waals surface area contributed by atoms with Crippen molar-refractivity contribution in [1.82, 2.24) is 10.2 Å². The van der Waals surface area contributed by atoms with Gasteiger partial charge in [-0.2, -0.15) is 0 Å². The van der Waals surface area contributed by atoms with E-state index in [9.17, 15) is 9.18 Å². The third kappa shape index (κ3) is 4.32. The molecule has 0 spiro atoms. The van der Waals surface area contributed by atoms with Gasteiger partial charge in [0, 0.05) is 43.6 Å². The predicted molar refractivity (Wildman–Crippen MR) is 114 cm³/mol. The van der Waals surface area contributed by atoms with Crippen LogP contribution in [-0.2, 0) is 0 Å². The first kappa shape index (κ1) is 19.6. The summed E-state index contributed by atoms with van der Waals surface area (Å²) in [6.07, 6.45) is 0. The van der Waals surface area contributed by atoms with Crippen molar-refractivity contribution >= 4 is 23.1 Å². The molecular formula is C22H22FN5O2. The number of methoxy groups -OCH3 is 1. The highest BCUT2D eigenvalue weighted by Crippen LogP contribution is 2.25. The zero-order chi connectivity index (χ0) is 20.9. The molecule has 4 rings (SSSR count). The predicted octanol–water partition coefficient (Wildman–Crippen LogP) is 3.20. The van der Waals surface area contributed by atoms with Gasteiger partial charge in [0.15, 0.2) is 23.1 Å². The molecule has 1 amide bonds. The largest absolute Gasteiger partial charge is 0.494 e. The van der Waals surface area contributed by atoms with Crippen molar-refractivity contribution in [2.75, 3.05) is 48.4 Å². The Balaban J connectivity index is 1.36. The molecule has 1 aliphatic heterocycles. The molecule has 2 aromatic carbocycles. The lowest BCUT2D eigenvalue weighted by Crippen LogP contribution is -2.47. The molecule has 30 heavy (non-hydrogen) atoms. The number of aromatic nitrogens is 2. The van der Waals surface area contributed by atoms with Gasteiger partial charge in [-0.1, -0.05) is 18.2 Å². The smallest absolute Gasteiger partial charge is 0.276 e. The van der Waals surface area contributed by atoms with E-state index < -0.39 is 0 Å². The Labute approximate surface area is 174 Å². The average Bonchev–Trinajstić information content (AvgIpc) is 2.80. The van der Waals surface area contributed by atoms with E-state index in [1.54, 1.807) is 18.2 Å². The number of amides is 1. The van der Waals surface area contributed by atoms with Crippen molar-refractivity contribution in [3.63, 3.8) is 0 Å². The van der Waals surface area contributed by atoms with E-state index in [1.165, 1.54) is 13.2 Å². The van der Waals surface area contributed by atoms with E-state index in [1.807, 2.05) is 36.4 Å². The molecule has 0 bridgehead atoms. The number of hydrogen-bond donors (Lipinski definition) is 1. The van der Waals surface area contributed by atoms with Gasteiger partial charge in [0.1, 0.15) is 0 Å². The lowest BCUT2D eigenvalue weighted by molar-refractivity contribution is 0.102. The van der Waals surface area contributed by atoms with Crippen molar-refractivity contribution in [3.05, 3.63) is 72.2 Å². The maximum atomic E-state index is 14.0. The third-order valence-electron chi connectivity index (χ3n) is 5.02. The summed E-state index contributed by atoms with van der Waals surface area (Å²) < 4.78 is 19.0. The number of hydrogen-bond acceptors (Lipinski definition) is 6. The van der Waals surface area contributed by atoms with E-state index in [0.29, 0.717) is 11.5 Å². The van der Waals surface area contributed by atoms with E-state index in [2.05, 4.69) is 25.3 Å². The fraction of sp³-hybridized carbons (Fsp3) is 0.227. The van der Waals surface area contributed by atoms with Crippen LogP contribution in [0.15, 0.2) is 60.7 Å². The minimum Gasteiger partial charge on any atom is -0.494 e. The van der Waals surface area contributed by atoms with E-state index >= 15 is 0 Å². The van der Waals surface area contributed by atoms with E-state index in [0.717, 1.165) is 31.9 Å². The number of anilines is 3. The molecule has 0 saturated carbocycles. The first-order valence-corrected chi connectivity index (χ1v) is 9.67. The van der Waals surface area contributed by atoms with Crippen LogP contribution >= 0.6 is 0 Å². The van der Waals surface area contributed by atoms with Crippen LogP contribution in [0.2, 0.25) is 0 Å². The van der Waals surface area contributed by atoms with Crippen LogP contribution in [0.1, 0.15) is 10.5 Å². The molecule has 1 fully saturated rings. The maximum absolute atomic E-state index is 14.0. The molecule has 0 atom stereocenters. The lowest BCUT2D eigenvalue weighted by Gasteiger charge is -2.36. The summed E-state index contributed by atoms with van der Waals surface area (Å²) in [6, 6.07) is 17.7. The molecule has 0 unspecified atom stereocenters. The highest BCUT2D eigenvalue weighted by Gasteiger charge is 2.20. The van der Waals surface area contributed by atoms with Crippen LogP contribution in [0.25, 0.3) is 0 Å². The minimum absolute atomic E-state index is 0.240. The van der Waals surface area contributed by atoms with Gasteiger partial charge in [-0.25, -0.2) is 4.39 Å². The summed E-state index contributed by atoms with van der Waals surface area (Å²) in [4.78, 5) is 16.5. The number of halogens is 1. The highest BCUT2D eigenvalue weighted by molar-refractivity contribution is 6.02. The summed E-state index contributed by atoms with van der Waals surface area (Å²) in [5.41, 5.74) is 1.79. The second kappa shape index (κ2) is 8.77. The monoisotopic (exact) mass is 407 g/mol. The summed E-state index contributed by atoms with van der Waals surface area (Å²) in [6.45, 7) is 2.89. The molecule has 0 radical (unpaired) electrons. The van der Waals surface area contributed by atoms with E-state index in [4.69, 9.17) is 4.74 Å². The molecular weight excluding hydrogens is 385 g/mol. The number of nitrogens with one attached hydrogen (secondary N) is 1. The molecule has 1 aliphatic rings. The summed E-state index contributed by atoms with van der Waals surface area (Å²) in [7, 11) is 1.45. The number of benzene rings is 2. The number of carbonyl (C=O) groups excluding carboxylic acids is 1. The number of piperazine rings is 1. The molecule has 1 N–H and O–H groups in total. The normalized spacial score (nSPS) is 13.8. The molecule has 1 saturated heterocycles. The second-order valence-corrected chi connectivity index (χ2v) is 6.89. The Morgan fingerprint density at radius 2 is 1.70 bits per heavy atom. The van der Waals surface area contributed by atoms with Gasteiger partial charge < -0.3 is 19.9 Å². The fourth-order valence-corrected chi connectivity index (χ4v) is 3.38. The molecule has 0 aliphatic carbocycles. The van der Waals surface area contributed by atoms with Crippen molar-refractivity contribution in [1.29, 1.82) is 0 Å². The lowest BCUT2D eigenvalue weighted by atomic mass is 10.2. The standard InChI is InChI=1S/C22H22FN5O2/c1-30-20-9-7-17(15-18(20)23)27-11-13-28(14-12-27)21-10-8-19(25-26-21)22(29)24-16-5-3-2-4-6-16/h2-10,15H,11-14H2,1H3,(H,24,29). The van der Waals surface area contributed by atoms with Gasteiger partial charge in [0.25, 0.3) is 5.91 Å². The van der Waals surface area contributed by atoms with Crippen LogP contribution in [-0.4, -0.2) is 49.4 Å². The zero-order valence-corrected chi connectivity index (χ0v) is 16.6. The van der Waals surface area contributed by atoms with Gasteiger partial charge in [-0.15, -0.1) is 10.2 Å². The van der Waals surface area contributed by atoms with Crippen LogP contribution < -0.4 is 19.9 Å². The summed E-state index contributed by atoms with van der Waals surface area (Å²) >= 11 is 0. The highest BCUT2D eigenvalue weighted by atomic mass is 19.1. The maximum Gasteiger partial charge on any atom is 0.276 e. The van der Waals surface area contributed by atoms with E-state index in [-0.39, 0.29) is 23.2 Å². The molecule has 7 nitrogen and oxygen atoms in total. The Kier molecular flexibility index (Phi) is 5.74. The first-order chi connectivity index (χ1) is 14.6. The third-order valence-corrected chi connectivity index (χ3v) is 5.02. The number of ether oxygens (including phenoxy) is 1.